The van der Waals surface area contributed by atoms with Gasteiger partial charge in [0.1, 0.15) is 36.3 Å². The number of nitrogen functional groups attached to an aromatic ring is 1. The van der Waals surface area contributed by atoms with Gasteiger partial charge in [-0.3, -0.25) is 14.3 Å². The van der Waals surface area contributed by atoms with Gasteiger partial charge in [-0.2, -0.15) is 0 Å². The molecule has 0 radical (unpaired) electrons. The van der Waals surface area contributed by atoms with Gasteiger partial charge in [0.25, 0.3) is 5.56 Å². The molecule has 1 atom stereocenters. The Hall–Kier alpha value is -2.58. The van der Waals surface area contributed by atoms with Crippen molar-refractivity contribution in [3.63, 3.8) is 0 Å². The molecule has 0 unspecified atom stereocenters. The second kappa shape index (κ2) is 8.62. The molecule has 0 amide bonds. The maximum absolute atomic E-state index is 12.9. The van der Waals surface area contributed by atoms with E-state index in [1.54, 1.807) is 7.11 Å². The van der Waals surface area contributed by atoms with Crippen molar-refractivity contribution < 1.29 is 14.4 Å². The molecule has 0 bridgehead atoms. The lowest BCUT2D eigenvalue weighted by Gasteiger charge is -2.32. The normalized spacial score (nSPS) is 16.3. The van der Waals surface area contributed by atoms with Gasteiger partial charge in [0.15, 0.2) is 0 Å². The van der Waals surface area contributed by atoms with E-state index < -0.39 is 11.2 Å². The van der Waals surface area contributed by atoms with Crippen LogP contribution in [0.1, 0.15) is 31.0 Å². The molecule has 152 valence electrons. The molecule has 3 rings (SSSR count). The second-order valence-corrected chi connectivity index (χ2v) is 7.54. The Morgan fingerprint density at radius 1 is 1.21 bits per heavy atom. The molecule has 2 aromatic rings. The number of hydrogen-bond donors (Lipinski definition) is 3. The second-order valence-electron chi connectivity index (χ2n) is 7.54. The van der Waals surface area contributed by atoms with Crippen molar-refractivity contribution in [1.29, 1.82) is 0 Å². The summed E-state index contributed by atoms with van der Waals surface area (Å²) >= 11 is 0. The Bertz CT molecular complexity index is 911. The first kappa shape index (κ1) is 20.2. The lowest BCUT2D eigenvalue weighted by atomic mass is 9.97. The van der Waals surface area contributed by atoms with E-state index in [0.717, 1.165) is 24.4 Å². The number of quaternary nitrogens is 1. The number of hydrogen-bond acceptors (Lipinski definition) is 5. The Kier molecular flexibility index (Phi) is 6.21. The van der Waals surface area contributed by atoms with Crippen LogP contribution in [-0.2, 0) is 11.3 Å². The van der Waals surface area contributed by atoms with Crippen LogP contribution in [0.4, 0.5) is 5.82 Å². The maximum atomic E-state index is 12.9. The molecule has 2 heterocycles. The predicted molar refractivity (Wildman–Crippen MR) is 107 cm³/mol. The van der Waals surface area contributed by atoms with E-state index in [4.69, 9.17) is 15.2 Å². The van der Waals surface area contributed by atoms with Crippen LogP contribution in [0, 0.1) is 5.92 Å². The van der Waals surface area contributed by atoms with Gasteiger partial charge in [-0.1, -0.05) is 13.8 Å². The van der Waals surface area contributed by atoms with Crippen LogP contribution < -0.4 is 26.6 Å². The number of anilines is 1. The number of rotatable bonds is 6. The molecule has 1 aromatic heterocycles. The number of aromatic nitrogens is 2. The van der Waals surface area contributed by atoms with E-state index in [1.165, 1.54) is 9.47 Å². The van der Waals surface area contributed by atoms with E-state index >= 15 is 0 Å². The molecule has 8 nitrogen and oxygen atoms in total. The molecular formula is C20H29N4O4+. The highest BCUT2D eigenvalue weighted by molar-refractivity contribution is 5.45. The third-order valence-electron chi connectivity index (χ3n) is 5.11. The number of ether oxygens (including phenoxy) is 2. The summed E-state index contributed by atoms with van der Waals surface area (Å²) < 4.78 is 12.2. The molecular weight excluding hydrogens is 360 g/mol. The average molecular weight is 389 g/mol. The Labute approximate surface area is 163 Å². The molecule has 4 N–H and O–H groups in total. The van der Waals surface area contributed by atoms with Crippen LogP contribution in [0.3, 0.4) is 0 Å². The molecule has 0 aliphatic carbocycles. The first-order valence-corrected chi connectivity index (χ1v) is 9.61. The van der Waals surface area contributed by atoms with Gasteiger partial charge in [0.05, 0.1) is 20.3 Å². The van der Waals surface area contributed by atoms with Gasteiger partial charge >= 0.3 is 5.69 Å². The summed E-state index contributed by atoms with van der Waals surface area (Å²) in [6.45, 7) is 7.19. The molecule has 1 aliphatic heterocycles. The van der Waals surface area contributed by atoms with E-state index in [0.29, 0.717) is 25.3 Å². The van der Waals surface area contributed by atoms with Crippen LogP contribution >= 0.6 is 0 Å². The molecule has 28 heavy (non-hydrogen) atoms. The summed E-state index contributed by atoms with van der Waals surface area (Å²) in [5, 5.41) is 0. The SMILES string of the molecule is COc1ccc([C@@H](c2c(N)n(CC(C)C)c(=O)[nH]c2=O)[NH+]2CCOCC2)cc1. The van der Waals surface area contributed by atoms with Gasteiger partial charge in [-0.05, 0) is 30.2 Å². The zero-order chi connectivity index (χ0) is 20.3. The minimum atomic E-state index is -0.467. The average Bonchev–Trinajstić information content (AvgIpc) is 2.69. The molecule has 0 saturated carbocycles. The lowest BCUT2D eigenvalue weighted by Crippen LogP contribution is -3.14. The van der Waals surface area contributed by atoms with Gasteiger partial charge in [0, 0.05) is 12.1 Å². The number of nitrogens with one attached hydrogen (secondary N) is 2. The molecule has 8 heteroatoms. The number of H-pyrrole nitrogens is 1. The van der Waals surface area contributed by atoms with E-state index in [9.17, 15) is 9.59 Å². The van der Waals surface area contributed by atoms with Crippen molar-refractivity contribution >= 4 is 5.82 Å². The van der Waals surface area contributed by atoms with Crippen LogP contribution in [-0.4, -0.2) is 43.0 Å². The quantitative estimate of drug-likeness (QED) is 0.634. The third-order valence-corrected chi connectivity index (χ3v) is 5.11. The summed E-state index contributed by atoms with van der Waals surface area (Å²) in [7, 11) is 1.62. The Morgan fingerprint density at radius 3 is 2.43 bits per heavy atom. The highest BCUT2D eigenvalue weighted by Crippen LogP contribution is 2.23. The number of benzene rings is 1. The minimum absolute atomic E-state index is 0.217. The molecule has 1 aromatic carbocycles. The summed E-state index contributed by atoms with van der Waals surface area (Å²) in [5.74, 6) is 1.20. The first-order valence-electron chi connectivity index (χ1n) is 9.61. The lowest BCUT2D eigenvalue weighted by molar-refractivity contribution is -0.933. The number of nitrogens with two attached hydrogens (primary N) is 1. The monoisotopic (exact) mass is 389 g/mol. The molecule has 1 fully saturated rings. The first-order chi connectivity index (χ1) is 13.4. The largest absolute Gasteiger partial charge is 0.497 e. The van der Waals surface area contributed by atoms with Crippen LogP contribution in [0.25, 0.3) is 0 Å². The topological polar surface area (TPSA) is 104 Å². The number of methoxy groups -OCH3 is 1. The molecule has 1 aliphatic rings. The van der Waals surface area contributed by atoms with E-state index in [1.807, 2.05) is 38.1 Å². The fraction of sp³-hybridized carbons (Fsp3) is 0.500. The maximum Gasteiger partial charge on any atom is 0.329 e. The van der Waals surface area contributed by atoms with E-state index in [2.05, 4.69) is 4.98 Å². The van der Waals surface area contributed by atoms with Crippen LogP contribution in [0.5, 0.6) is 5.75 Å². The number of nitrogens with zero attached hydrogens (tertiary/aromatic N) is 1. The highest BCUT2D eigenvalue weighted by atomic mass is 16.5. The number of aromatic amines is 1. The summed E-state index contributed by atoms with van der Waals surface area (Å²) in [6.07, 6.45) is 0. The highest BCUT2D eigenvalue weighted by Gasteiger charge is 2.33. The minimum Gasteiger partial charge on any atom is -0.497 e. The Morgan fingerprint density at radius 2 is 1.86 bits per heavy atom. The summed E-state index contributed by atoms with van der Waals surface area (Å²) in [6, 6.07) is 7.34. The molecule has 1 saturated heterocycles. The van der Waals surface area contributed by atoms with E-state index in [-0.39, 0.29) is 17.8 Å². The Balaban J connectivity index is 2.16. The van der Waals surface area contributed by atoms with Gasteiger partial charge in [-0.25, -0.2) is 4.79 Å². The zero-order valence-corrected chi connectivity index (χ0v) is 16.7. The van der Waals surface area contributed by atoms with Crippen molar-refractivity contribution in [2.24, 2.45) is 5.92 Å². The fourth-order valence-corrected chi connectivity index (χ4v) is 3.75. The standard InChI is InChI=1S/C20H28N4O4/c1-13(2)12-24-18(21)16(19(25)22-20(24)26)17(23-8-10-28-11-9-23)14-4-6-15(27-3)7-5-14/h4-7,13,17H,8-12,21H2,1-3H3,(H,22,25,26)/p+1/t17-/m0/s1. The van der Waals surface area contributed by atoms with Crippen molar-refractivity contribution in [3.05, 3.63) is 56.2 Å². The van der Waals surface area contributed by atoms with Gasteiger partial charge < -0.3 is 20.1 Å². The van der Waals surface area contributed by atoms with Crippen molar-refractivity contribution in [2.45, 2.75) is 26.4 Å². The van der Waals surface area contributed by atoms with Gasteiger partial charge in [0.2, 0.25) is 0 Å². The summed E-state index contributed by atoms with van der Waals surface area (Å²) in [5.41, 5.74) is 6.89. The number of morpholine rings is 1. The van der Waals surface area contributed by atoms with Crippen molar-refractivity contribution in [2.75, 3.05) is 39.1 Å². The summed E-state index contributed by atoms with van der Waals surface area (Å²) in [4.78, 5) is 28.9. The third kappa shape index (κ3) is 4.13. The van der Waals surface area contributed by atoms with Crippen LogP contribution in [0.2, 0.25) is 0 Å². The smallest absolute Gasteiger partial charge is 0.329 e. The molecule has 0 spiro atoms. The van der Waals surface area contributed by atoms with Gasteiger partial charge in [-0.15, -0.1) is 0 Å². The zero-order valence-electron chi connectivity index (χ0n) is 16.7. The van der Waals surface area contributed by atoms with Crippen molar-refractivity contribution in [1.82, 2.24) is 9.55 Å². The van der Waals surface area contributed by atoms with Crippen molar-refractivity contribution in [3.8, 4) is 5.75 Å². The predicted octanol–water partition coefficient (Wildman–Crippen LogP) is -0.212. The van der Waals surface area contributed by atoms with Crippen LogP contribution in [0.15, 0.2) is 33.9 Å². The fourth-order valence-electron chi connectivity index (χ4n) is 3.75.